The third-order valence-electron chi connectivity index (χ3n) is 7.97. The van der Waals surface area contributed by atoms with Gasteiger partial charge in [-0.3, -0.25) is 0 Å². The SMILES string of the molecule is C=C1[n+]2ccc3ccccc3c2-c2cc(P(c3ccccc3)c3ccccc3)ccc2C1(CC)CC. The summed E-state index contributed by atoms with van der Waals surface area (Å²) in [6, 6.07) is 40.2. The second-order valence-corrected chi connectivity index (χ2v) is 11.8. The molecule has 5 aromatic rings. The Morgan fingerprint density at radius 3 is 1.94 bits per heavy atom. The van der Waals surface area contributed by atoms with Gasteiger partial charge in [0, 0.05) is 6.07 Å². The monoisotopic (exact) mass is 484 g/mol. The lowest BCUT2D eigenvalue weighted by Gasteiger charge is -2.36. The molecule has 0 N–H and O–H groups in total. The molecule has 176 valence electrons. The van der Waals surface area contributed by atoms with Gasteiger partial charge in [-0.1, -0.05) is 105 Å². The topological polar surface area (TPSA) is 3.88 Å². The molecule has 0 spiro atoms. The standard InChI is InChI=1S/C34H31NP/c1-4-34(5-2)25(3)35-23-22-26-14-12-13-19-30(26)33(35)31-24-29(20-21-32(31)34)36(27-15-8-6-9-16-27)28-17-10-7-11-18-28/h6-24H,3-5H2,1-2H3/q+1. The molecule has 0 unspecified atom stereocenters. The van der Waals surface area contributed by atoms with Crippen molar-refractivity contribution in [2.24, 2.45) is 0 Å². The molecule has 36 heavy (non-hydrogen) atoms. The van der Waals surface area contributed by atoms with E-state index in [-0.39, 0.29) is 5.41 Å². The van der Waals surface area contributed by atoms with Crippen LogP contribution in [-0.2, 0) is 5.41 Å². The van der Waals surface area contributed by atoms with E-state index >= 15 is 0 Å². The normalized spacial score (nSPS) is 14.0. The fraction of sp³-hybridized carbons (Fsp3) is 0.147. The van der Waals surface area contributed by atoms with E-state index in [9.17, 15) is 0 Å². The number of hydrogen-bond acceptors (Lipinski definition) is 0. The zero-order chi connectivity index (χ0) is 24.7. The molecule has 0 radical (unpaired) electrons. The second kappa shape index (κ2) is 9.16. The fourth-order valence-corrected chi connectivity index (χ4v) is 8.34. The van der Waals surface area contributed by atoms with Gasteiger partial charge in [0.1, 0.15) is 0 Å². The Morgan fingerprint density at radius 2 is 1.31 bits per heavy atom. The highest BCUT2D eigenvalue weighted by Crippen LogP contribution is 2.48. The van der Waals surface area contributed by atoms with Crippen molar-refractivity contribution in [1.82, 2.24) is 0 Å². The molecule has 0 amide bonds. The summed E-state index contributed by atoms with van der Waals surface area (Å²) in [5.41, 5.74) is 5.13. The Bertz CT molecular complexity index is 1530. The maximum absolute atomic E-state index is 4.68. The summed E-state index contributed by atoms with van der Waals surface area (Å²) in [5, 5.41) is 6.68. The third kappa shape index (κ3) is 3.46. The molecule has 0 aliphatic carbocycles. The minimum Gasteiger partial charge on any atom is -0.163 e. The maximum Gasteiger partial charge on any atom is 0.226 e. The van der Waals surface area contributed by atoms with Crippen LogP contribution in [0.3, 0.4) is 0 Å². The van der Waals surface area contributed by atoms with E-state index < -0.39 is 7.92 Å². The van der Waals surface area contributed by atoms with Crippen LogP contribution in [0, 0.1) is 0 Å². The summed E-state index contributed by atoms with van der Waals surface area (Å²) in [4.78, 5) is 0. The van der Waals surface area contributed by atoms with E-state index in [1.807, 2.05) is 0 Å². The van der Waals surface area contributed by atoms with E-state index in [2.05, 4.69) is 140 Å². The van der Waals surface area contributed by atoms with E-state index in [0.717, 1.165) is 12.8 Å². The summed E-state index contributed by atoms with van der Waals surface area (Å²) in [6.07, 6.45) is 4.28. The molecule has 0 saturated heterocycles. The number of fused-ring (bicyclic) bond motifs is 5. The summed E-state index contributed by atoms with van der Waals surface area (Å²) in [6.45, 7) is 9.29. The zero-order valence-electron chi connectivity index (χ0n) is 21.0. The van der Waals surface area contributed by atoms with Gasteiger partial charge in [0.05, 0.1) is 16.4 Å². The van der Waals surface area contributed by atoms with Gasteiger partial charge in [0.15, 0.2) is 11.9 Å². The molecule has 4 aromatic carbocycles. The molecule has 0 bridgehead atoms. The Balaban J connectivity index is 1.67. The third-order valence-corrected chi connectivity index (χ3v) is 10.4. The van der Waals surface area contributed by atoms with Crippen molar-refractivity contribution in [2.45, 2.75) is 32.1 Å². The van der Waals surface area contributed by atoms with Crippen molar-refractivity contribution < 1.29 is 4.57 Å². The maximum atomic E-state index is 4.68. The van der Waals surface area contributed by atoms with E-state index in [1.165, 1.54) is 49.2 Å². The Kier molecular flexibility index (Phi) is 5.82. The smallest absolute Gasteiger partial charge is 0.163 e. The number of nitrogens with zero attached hydrogens (tertiary/aromatic N) is 1. The van der Waals surface area contributed by atoms with Crippen molar-refractivity contribution in [3.8, 4) is 11.3 Å². The summed E-state index contributed by atoms with van der Waals surface area (Å²) in [5.74, 6) is 0. The number of hydrogen-bond donors (Lipinski definition) is 0. The number of rotatable bonds is 5. The van der Waals surface area contributed by atoms with Gasteiger partial charge >= 0.3 is 0 Å². The molecule has 0 saturated carbocycles. The van der Waals surface area contributed by atoms with Crippen LogP contribution in [0.15, 0.2) is 122 Å². The highest BCUT2D eigenvalue weighted by atomic mass is 31.1. The molecule has 1 aliphatic rings. The summed E-state index contributed by atoms with van der Waals surface area (Å²) < 4.78 is 2.37. The molecule has 0 atom stereocenters. The van der Waals surface area contributed by atoms with Crippen molar-refractivity contribution in [1.29, 1.82) is 0 Å². The molecule has 6 rings (SSSR count). The van der Waals surface area contributed by atoms with Gasteiger partial charge in [0.2, 0.25) is 5.69 Å². The van der Waals surface area contributed by atoms with E-state index in [1.54, 1.807) is 0 Å². The van der Waals surface area contributed by atoms with Gasteiger partial charge in [-0.2, -0.15) is 4.57 Å². The molecule has 2 heterocycles. The number of pyridine rings is 1. The van der Waals surface area contributed by atoms with Gasteiger partial charge in [0.25, 0.3) is 0 Å². The van der Waals surface area contributed by atoms with Gasteiger partial charge in [-0.15, -0.1) is 0 Å². The first-order chi connectivity index (χ1) is 17.7. The molecule has 2 heteroatoms. The average Bonchev–Trinajstić information content (AvgIpc) is 2.95. The van der Waals surface area contributed by atoms with E-state index in [4.69, 9.17) is 0 Å². The molecule has 1 aromatic heterocycles. The highest BCUT2D eigenvalue weighted by molar-refractivity contribution is 7.79. The van der Waals surface area contributed by atoms with Crippen molar-refractivity contribution in [3.63, 3.8) is 0 Å². The Labute approximate surface area is 215 Å². The van der Waals surface area contributed by atoms with Crippen LogP contribution in [-0.4, -0.2) is 0 Å². The lowest BCUT2D eigenvalue weighted by Crippen LogP contribution is -2.49. The lowest BCUT2D eigenvalue weighted by atomic mass is 9.69. The number of benzene rings is 4. The van der Waals surface area contributed by atoms with Gasteiger partial charge in [-0.25, -0.2) is 0 Å². The Morgan fingerprint density at radius 1 is 0.694 bits per heavy atom. The van der Waals surface area contributed by atoms with Crippen molar-refractivity contribution in [3.05, 3.63) is 128 Å². The van der Waals surface area contributed by atoms with Gasteiger partial charge in [-0.05, 0) is 66.3 Å². The molecule has 0 fully saturated rings. The largest absolute Gasteiger partial charge is 0.226 e. The number of allylic oxidation sites excluding steroid dienone is 1. The predicted octanol–water partition coefficient (Wildman–Crippen LogP) is 7.09. The van der Waals surface area contributed by atoms with Crippen LogP contribution in [0.5, 0.6) is 0 Å². The van der Waals surface area contributed by atoms with Crippen LogP contribution in [0.25, 0.3) is 27.7 Å². The quantitative estimate of drug-likeness (QED) is 0.185. The van der Waals surface area contributed by atoms with Crippen LogP contribution in [0.2, 0.25) is 0 Å². The van der Waals surface area contributed by atoms with Crippen LogP contribution in [0.4, 0.5) is 0 Å². The number of aromatic nitrogens is 1. The van der Waals surface area contributed by atoms with Gasteiger partial charge < -0.3 is 0 Å². The molecule has 1 aliphatic heterocycles. The molecule has 1 nitrogen and oxygen atoms in total. The fourth-order valence-electron chi connectivity index (χ4n) is 6.03. The molecular weight excluding hydrogens is 453 g/mol. The lowest BCUT2D eigenvalue weighted by molar-refractivity contribution is -0.576. The van der Waals surface area contributed by atoms with Crippen LogP contribution >= 0.6 is 7.92 Å². The van der Waals surface area contributed by atoms with Crippen molar-refractivity contribution >= 4 is 40.3 Å². The first-order valence-electron chi connectivity index (χ1n) is 12.9. The van der Waals surface area contributed by atoms with E-state index in [0.29, 0.717) is 0 Å². The first kappa shape index (κ1) is 22.9. The Hall–Kier alpha value is -3.54. The second-order valence-electron chi connectivity index (χ2n) is 9.59. The van der Waals surface area contributed by atoms with Crippen LogP contribution in [0.1, 0.15) is 32.3 Å². The predicted molar refractivity (Wildman–Crippen MR) is 156 cm³/mol. The zero-order valence-corrected chi connectivity index (χ0v) is 21.9. The van der Waals surface area contributed by atoms with Crippen LogP contribution < -0.4 is 20.5 Å². The molecular formula is C34H31NP+. The minimum atomic E-state index is -0.676. The highest BCUT2D eigenvalue weighted by Gasteiger charge is 2.46. The summed E-state index contributed by atoms with van der Waals surface area (Å²) in [7, 11) is -0.676. The first-order valence-corrected chi connectivity index (χ1v) is 14.2. The summed E-state index contributed by atoms with van der Waals surface area (Å²) >= 11 is 0. The van der Waals surface area contributed by atoms with Crippen molar-refractivity contribution in [2.75, 3.05) is 0 Å². The average molecular weight is 485 g/mol. The minimum absolute atomic E-state index is 0.0732.